The number of carbonyl (C=O) groups excluding carboxylic acids is 9. The summed E-state index contributed by atoms with van der Waals surface area (Å²) in [6.45, 7) is 9.21. The molecular weight excluding hydrogens is 1060 g/mol. The normalized spacial score (nSPS) is 16.9. The molecule has 8 amide bonds. The predicted octanol–water partition coefficient (Wildman–Crippen LogP) is 13.2. The standard InChI is InChI=1S/C64H64N4O11S2/c1-5-9-13-17-25-65-56(70)35-21-23-37-49-47(35)41(60(65)74)31-39(51(49)62(76)67(58(37)72)27-19-15-11-7-3)45-33-43-53(80-45)54-44(64(55(43)69)78-29-30-79-64)34-46(81-54)40-32-42-48-36(57(71)66(61(42)75)26-18-14-10-6-2)22-24-38-50(48)52(40)63(77)68(59(38)73)28-20-16-12-8-4/h21-24,31-34H,5-20,25-30H2,1-4H3. The maximum Gasteiger partial charge on any atom is 0.262 e. The number of amides is 8. The molecule has 1 aliphatic carbocycles. The van der Waals surface area contributed by atoms with Crippen LogP contribution in [-0.2, 0) is 15.3 Å². The molecule has 0 saturated carbocycles. The van der Waals surface area contributed by atoms with E-state index in [9.17, 15) is 28.8 Å². The molecule has 1 fully saturated rings. The van der Waals surface area contributed by atoms with Crippen LogP contribution in [0.4, 0.5) is 0 Å². The van der Waals surface area contributed by atoms with E-state index in [-0.39, 0.29) is 111 Å². The number of hydrogen-bond donors (Lipinski definition) is 0. The molecule has 0 N–H and O–H groups in total. The first-order chi connectivity index (χ1) is 39.3. The number of thiophene rings is 2. The summed E-state index contributed by atoms with van der Waals surface area (Å²) >= 11 is 2.50. The van der Waals surface area contributed by atoms with E-state index in [0.717, 1.165) is 77.0 Å². The number of carbonyl (C=O) groups is 9. The number of fused-ring (bicyclic) bond motifs is 4. The van der Waals surface area contributed by atoms with Gasteiger partial charge in [0.1, 0.15) is 0 Å². The predicted molar refractivity (Wildman–Crippen MR) is 309 cm³/mol. The second-order valence-electron chi connectivity index (χ2n) is 22.2. The zero-order chi connectivity index (χ0) is 56.6. The molecule has 6 aliphatic rings. The van der Waals surface area contributed by atoms with Crippen LogP contribution in [0, 0.1) is 0 Å². The molecule has 0 bridgehead atoms. The van der Waals surface area contributed by atoms with Crippen LogP contribution in [0.2, 0.25) is 0 Å². The number of imide groups is 4. The van der Waals surface area contributed by atoms with Crippen molar-refractivity contribution in [1.29, 1.82) is 0 Å². The maximum atomic E-state index is 15.4. The van der Waals surface area contributed by atoms with Gasteiger partial charge in [0.15, 0.2) is 0 Å². The first-order valence-electron chi connectivity index (χ1n) is 29.2. The Morgan fingerprint density at radius 2 is 0.716 bits per heavy atom. The molecule has 7 heterocycles. The Labute approximate surface area is 477 Å². The summed E-state index contributed by atoms with van der Waals surface area (Å²) < 4.78 is 12.8. The van der Waals surface area contributed by atoms with Gasteiger partial charge in [-0.2, -0.15) is 0 Å². The highest BCUT2D eigenvalue weighted by atomic mass is 32.1. The number of Topliss-reactive ketones (excluding diaryl/α,β-unsaturated/α-hetero) is 1. The third-order valence-corrected chi connectivity index (χ3v) is 19.6. The average Bonchev–Trinajstić information content (AvgIpc) is 4.33. The van der Waals surface area contributed by atoms with E-state index in [0.29, 0.717) is 61.9 Å². The van der Waals surface area contributed by atoms with Gasteiger partial charge in [0.2, 0.25) is 5.78 Å². The number of benzene rings is 4. The number of rotatable bonds is 22. The summed E-state index contributed by atoms with van der Waals surface area (Å²) in [5, 5.41) is 1.01. The average molecular weight is 1130 g/mol. The molecule has 5 aliphatic heterocycles. The zero-order valence-corrected chi connectivity index (χ0v) is 47.9. The lowest BCUT2D eigenvalue weighted by Gasteiger charge is -2.33. The Bertz CT molecular complexity index is 3750. The number of ketones is 1. The number of hydrogen-bond acceptors (Lipinski definition) is 13. The van der Waals surface area contributed by atoms with Crippen molar-refractivity contribution in [1.82, 2.24) is 19.6 Å². The van der Waals surface area contributed by atoms with Crippen molar-refractivity contribution in [2.75, 3.05) is 39.4 Å². The quantitative estimate of drug-likeness (QED) is 0.0465. The molecule has 12 rings (SSSR count). The Hall–Kier alpha value is -7.05. The fraction of sp³-hybridized carbons (Fsp3) is 0.422. The molecule has 1 saturated heterocycles. The third-order valence-electron chi connectivity index (χ3n) is 17.1. The van der Waals surface area contributed by atoms with Gasteiger partial charge in [-0.05, 0) is 74.2 Å². The second-order valence-corrected chi connectivity index (χ2v) is 24.3. The van der Waals surface area contributed by atoms with Crippen LogP contribution >= 0.6 is 22.7 Å². The Balaban J connectivity index is 1.05. The third kappa shape index (κ3) is 8.49. The molecule has 418 valence electrons. The largest absolute Gasteiger partial charge is 0.337 e. The lowest BCUT2D eigenvalue weighted by Crippen LogP contribution is -2.44. The fourth-order valence-electron chi connectivity index (χ4n) is 12.9. The van der Waals surface area contributed by atoms with E-state index in [2.05, 4.69) is 27.7 Å². The lowest BCUT2D eigenvalue weighted by molar-refractivity contribution is -0.126. The van der Waals surface area contributed by atoms with Gasteiger partial charge in [-0.15, -0.1) is 22.7 Å². The molecule has 1 spiro atoms. The van der Waals surface area contributed by atoms with E-state index in [1.165, 1.54) is 42.3 Å². The van der Waals surface area contributed by atoms with Gasteiger partial charge in [-0.3, -0.25) is 62.8 Å². The molecule has 4 aromatic carbocycles. The Morgan fingerprint density at radius 3 is 1.11 bits per heavy atom. The second kappa shape index (κ2) is 21.7. The van der Waals surface area contributed by atoms with Gasteiger partial charge in [0, 0.05) is 113 Å². The van der Waals surface area contributed by atoms with Crippen molar-refractivity contribution in [2.45, 2.75) is 136 Å². The smallest absolute Gasteiger partial charge is 0.262 e. The molecule has 2 aromatic heterocycles. The van der Waals surface area contributed by atoms with Gasteiger partial charge in [0.05, 0.1) is 34.1 Å². The van der Waals surface area contributed by atoms with Gasteiger partial charge >= 0.3 is 0 Å². The highest BCUT2D eigenvalue weighted by Crippen LogP contribution is 2.57. The van der Waals surface area contributed by atoms with Gasteiger partial charge in [-0.1, -0.05) is 105 Å². The van der Waals surface area contributed by atoms with Crippen LogP contribution < -0.4 is 0 Å². The van der Waals surface area contributed by atoms with Gasteiger partial charge in [0.25, 0.3) is 53.0 Å². The Morgan fingerprint density at radius 1 is 0.370 bits per heavy atom. The number of ether oxygens (including phenoxy) is 2. The summed E-state index contributed by atoms with van der Waals surface area (Å²) in [7, 11) is 0. The van der Waals surface area contributed by atoms with E-state index in [1.807, 2.05) is 0 Å². The summed E-state index contributed by atoms with van der Waals surface area (Å²) in [5.41, 5.74) is 2.89. The highest BCUT2D eigenvalue weighted by molar-refractivity contribution is 7.26. The van der Waals surface area contributed by atoms with E-state index < -0.39 is 58.8 Å². The first kappa shape index (κ1) is 54.5. The zero-order valence-electron chi connectivity index (χ0n) is 46.3. The molecule has 81 heavy (non-hydrogen) atoms. The van der Waals surface area contributed by atoms with Crippen LogP contribution in [0.5, 0.6) is 0 Å². The van der Waals surface area contributed by atoms with E-state index in [4.69, 9.17) is 9.47 Å². The van der Waals surface area contributed by atoms with Crippen LogP contribution in [0.3, 0.4) is 0 Å². The van der Waals surface area contributed by atoms with Crippen molar-refractivity contribution in [3.8, 4) is 30.6 Å². The summed E-state index contributed by atoms with van der Waals surface area (Å²) in [6, 6.07) is 13.1. The van der Waals surface area contributed by atoms with Crippen LogP contribution in [0.15, 0.2) is 48.5 Å². The molecule has 6 aromatic rings. The minimum atomic E-state index is -1.92. The summed E-state index contributed by atoms with van der Waals surface area (Å²) in [4.78, 5) is 140. The molecular formula is C64H64N4O11S2. The minimum Gasteiger partial charge on any atom is -0.337 e. The lowest BCUT2D eigenvalue weighted by atomic mass is 9.82. The van der Waals surface area contributed by atoms with Crippen molar-refractivity contribution in [3.63, 3.8) is 0 Å². The highest BCUT2D eigenvalue weighted by Gasteiger charge is 2.54. The number of unbranched alkanes of at least 4 members (excludes halogenated alkanes) is 12. The summed E-state index contributed by atoms with van der Waals surface area (Å²) in [6.07, 6.45) is 13.2. The van der Waals surface area contributed by atoms with Crippen LogP contribution in [0.25, 0.3) is 52.2 Å². The van der Waals surface area contributed by atoms with Crippen LogP contribution in [0.1, 0.15) is 229 Å². The molecule has 0 radical (unpaired) electrons. The van der Waals surface area contributed by atoms with E-state index in [1.54, 1.807) is 48.5 Å². The SMILES string of the molecule is CCCCCCN1C(=O)c2ccc3c4c(c(-c5cc6c(s5)-c5sc(-c7cc8c9c(ccc%10c9c7C(=O)N(CCCCCC)C%10=O)C(=O)N(CCCCCC)C8=O)cc5C5(OCCO5)C6=O)cc(c24)C1=O)C(=O)N(CCCCCC)C3=O. The number of nitrogens with zero attached hydrogens (tertiary/aromatic N) is 4. The topological polar surface area (TPSA) is 185 Å². The van der Waals surface area contributed by atoms with E-state index >= 15 is 14.4 Å². The molecule has 0 unspecified atom stereocenters. The van der Waals surface area contributed by atoms with Crippen molar-refractivity contribution >= 4 is 97.3 Å². The van der Waals surface area contributed by atoms with Crippen molar-refractivity contribution in [3.05, 3.63) is 104 Å². The monoisotopic (exact) mass is 1130 g/mol. The molecule has 15 nitrogen and oxygen atoms in total. The fourth-order valence-corrected chi connectivity index (χ4v) is 15.5. The maximum absolute atomic E-state index is 15.4. The summed E-state index contributed by atoms with van der Waals surface area (Å²) in [5.74, 6) is -6.55. The molecule has 17 heteroatoms. The van der Waals surface area contributed by atoms with Crippen molar-refractivity contribution < 1.29 is 52.6 Å². The van der Waals surface area contributed by atoms with Crippen molar-refractivity contribution in [2.24, 2.45) is 0 Å². The minimum absolute atomic E-state index is 0.0834. The first-order valence-corrected chi connectivity index (χ1v) is 30.8. The van der Waals surface area contributed by atoms with Crippen LogP contribution in [-0.4, -0.2) is 112 Å². The van der Waals surface area contributed by atoms with Gasteiger partial charge < -0.3 is 9.47 Å². The molecule has 0 atom stereocenters. The van der Waals surface area contributed by atoms with Gasteiger partial charge in [-0.25, -0.2) is 0 Å². The Kier molecular flexibility index (Phi) is 14.6.